The van der Waals surface area contributed by atoms with Crippen LogP contribution in [0, 0.1) is 5.92 Å². The molecule has 5 nitrogen and oxygen atoms in total. The molecular formula is C21H25N3O2. The number of aromatic nitrogens is 2. The van der Waals surface area contributed by atoms with E-state index in [1.165, 1.54) is 0 Å². The number of rotatable bonds is 7. The van der Waals surface area contributed by atoms with Gasteiger partial charge in [-0.25, -0.2) is 4.52 Å². The Bertz CT molecular complexity index is 898. The van der Waals surface area contributed by atoms with Crippen LogP contribution in [0.5, 0.6) is 5.75 Å². The van der Waals surface area contributed by atoms with E-state index in [1.807, 2.05) is 74.9 Å². The van der Waals surface area contributed by atoms with E-state index in [9.17, 15) is 4.79 Å². The van der Waals surface area contributed by atoms with Gasteiger partial charge in [0.05, 0.1) is 23.0 Å². The summed E-state index contributed by atoms with van der Waals surface area (Å²) in [6.07, 6.45) is 1.66. The molecule has 0 radical (unpaired) electrons. The number of nitrogens with zero attached hydrogens (tertiary/aromatic N) is 3. The van der Waals surface area contributed by atoms with Crippen molar-refractivity contribution in [1.29, 1.82) is 0 Å². The summed E-state index contributed by atoms with van der Waals surface area (Å²) in [4.78, 5) is 14.5. The largest absolute Gasteiger partial charge is 0.487 e. The molecule has 26 heavy (non-hydrogen) atoms. The minimum absolute atomic E-state index is 0.0608. The Morgan fingerprint density at radius 2 is 1.88 bits per heavy atom. The van der Waals surface area contributed by atoms with E-state index in [0.29, 0.717) is 18.7 Å². The van der Waals surface area contributed by atoms with E-state index in [2.05, 4.69) is 10.00 Å². The van der Waals surface area contributed by atoms with Crippen LogP contribution in [0.15, 0.2) is 48.7 Å². The third kappa shape index (κ3) is 3.78. The zero-order valence-corrected chi connectivity index (χ0v) is 15.8. The number of hydrogen-bond acceptors (Lipinski definition) is 4. The second-order valence-electron chi connectivity index (χ2n) is 7.03. The highest BCUT2D eigenvalue weighted by atomic mass is 16.5. The first kappa shape index (κ1) is 18.1. The molecular weight excluding hydrogens is 326 g/mol. The smallest absolute Gasteiger partial charge is 0.169 e. The lowest BCUT2D eigenvalue weighted by Crippen LogP contribution is -2.16. The van der Waals surface area contributed by atoms with Crippen LogP contribution >= 0.6 is 0 Å². The van der Waals surface area contributed by atoms with Gasteiger partial charge in [0.1, 0.15) is 12.4 Å². The molecule has 2 heterocycles. The first-order chi connectivity index (χ1) is 12.5. The molecule has 5 heteroatoms. The third-order valence-corrected chi connectivity index (χ3v) is 4.23. The number of hydrogen-bond donors (Lipinski definition) is 0. The molecule has 2 aromatic heterocycles. The van der Waals surface area contributed by atoms with E-state index < -0.39 is 0 Å². The highest BCUT2D eigenvalue weighted by Crippen LogP contribution is 2.25. The van der Waals surface area contributed by atoms with Crippen LogP contribution in [0.25, 0.3) is 5.52 Å². The number of Topliss-reactive ketones (excluding diaryl/α,β-unsaturated/α-hetero) is 1. The Hall–Kier alpha value is -2.66. The number of carbonyl (C=O) groups is 1. The molecule has 0 aliphatic rings. The number of fused-ring (bicyclic) bond motifs is 1. The lowest BCUT2D eigenvalue weighted by atomic mass is 10.0. The zero-order valence-electron chi connectivity index (χ0n) is 15.8. The van der Waals surface area contributed by atoms with Crippen molar-refractivity contribution in [3.63, 3.8) is 0 Å². The molecule has 0 aliphatic heterocycles. The lowest BCUT2D eigenvalue weighted by Gasteiger charge is -2.17. The fourth-order valence-corrected chi connectivity index (χ4v) is 2.90. The topological polar surface area (TPSA) is 46.8 Å². The zero-order chi connectivity index (χ0) is 18.7. The fraction of sp³-hybridized carbons (Fsp3) is 0.333. The van der Waals surface area contributed by atoms with Crippen LogP contribution in [-0.2, 0) is 13.2 Å². The van der Waals surface area contributed by atoms with Crippen LogP contribution in [0.3, 0.4) is 0 Å². The highest BCUT2D eigenvalue weighted by molar-refractivity contribution is 6.03. The summed E-state index contributed by atoms with van der Waals surface area (Å²) in [5, 5.41) is 4.48. The van der Waals surface area contributed by atoms with Crippen molar-refractivity contribution >= 4 is 11.3 Å². The van der Waals surface area contributed by atoms with Crippen LogP contribution < -0.4 is 4.74 Å². The van der Waals surface area contributed by atoms with Gasteiger partial charge in [0.15, 0.2) is 5.78 Å². The first-order valence-electron chi connectivity index (χ1n) is 8.82. The van der Waals surface area contributed by atoms with E-state index in [1.54, 1.807) is 6.20 Å². The van der Waals surface area contributed by atoms with Crippen molar-refractivity contribution in [2.75, 3.05) is 14.1 Å². The summed E-state index contributed by atoms with van der Waals surface area (Å²) < 4.78 is 7.91. The van der Waals surface area contributed by atoms with Gasteiger partial charge < -0.3 is 9.64 Å². The summed E-state index contributed by atoms with van der Waals surface area (Å²) >= 11 is 0. The maximum Gasteiger partial charge on any atom is 0.169 e. The maximum absolute atomic E-state index is 12.5. The average molecular weight is 351 g/mol. The number of ketones is 1. The molecule has 0 atom stereocenters. The molecule has 0 N–H and O–H groups in total. The Morgan fingerprint density at radius 3 is 2.54 bits per heavy atom. The number of carbonyl (C=O) groups excluding carboxylic acids is 1. The molecule has 0 saturated carbocycles. The fourth-order valence-electron chi connectivity index (χ4n) is 2.90. The van der Waals surface area contributed by atoms with Gasteiger partial charge in [-0.1, -0.05) is 44.2 Å². The highest BCUT2D eigenvalue weighted by Gasteiger charge is 2.19. The second-order valence-corrected chi connectivity index (χ2v) is 7.03. The molecule has 0 bridgehead atoms. The quantitative estimate of drug-likeness (QED) is 0.607. The van der Waals surface area contributed by atoms with E-state index >= 15 is 0 Å². The van der Waals surface area contributed by atoms with Gasteiger partial charge in [0.2, 0.25) is 0 Å². The van der Waals surface area contributed by atoms with Gasteiger partial charge in [-0.3, -0.25) is 4.79 Å². The van der Waals surface area contributed by atoms with Crippen molar-refractivity contribution in [3.05, 3.63) is 65.5 Å². The average Bonchev–Trinajstić information content (AvgIpc) is 3.05. The van der Waals surface area contributed by atoms with Crippen molar-refractivity contribution in [2.45, 2.75) is 27.0 Å². The Morgan fingerprint density at radius 1 is 1.15 bits per heavy atom. The number of ether oxygens (including phenoxy) is 1. The lowest BCUT2D eigenvalue weighted by molar-refractivity contribution is 0.0941. The summed E-state index contributed by atoms with van der Waals surface area (Å²) in [6, 6.07) is 13.9. The monoisotopic (exact) mass is 351 g/mol. The van der Waals surface area contributed by atoms with Gasteiger partial charge in [-0.2, -0.15) is 5.10 Å². The van der Waals surface area contributed by atoms with Gasteiger partial charge in [-0.05, 0) is 31.8 Å². The van der Waals surface area contributed by atoms with Crippen molar-refractivity contribution in [3.8, 4) is 5.75 Å². The Balaban J connectivity index is 1.99. The molecule has 0 spiro atoms. The van der Waals surface area contributed by atoms with E-state index in [-0.39, 0.29) is 11.7 Å². The second kappa shape index (κ2) is 7.70. The summed E-state index contributed by atoms with van der Waals surface area (Å²) in [5.41, 5.74) is 3.54. The van der Waals surface area contributed by atoms with E-state index in [4.69, 9.17) is 4.74 Å². The van der Waals surface area contributed by atoms with Crippen LogP contribution in [-0.4, -0.2) is 34.4 Å². The molecule has 3 aromatic rings. The van der Waals surface area contributed by atoms with Gasteiger partial charge >= 0.3 is 0 Å². The predicted octanol–water partition coefficient (Wildman–Crippen LogP) is 3.81. The maximum atomic E-state index is 12.5. The third-order valence-electron chi connectivity index (χ3n) is 4.23. The summed E-state index contributed by atoms with van der Waals surface area (Å²) in [5.74, 6) is 0.824. The predicted molar refractivity (Wildman–Crippen MR) is 103 cm³/mol. The van der Waals surface area contributed by atoms with Crippen LogP contribution in [0.2, 0.25) is 0 Å². The molecule has 3 rings (SSSR count). The summed E-state index contributed by atoms with van der Waals surface area (Å²) in [7, 11) is 4.01. The Kier molecular flexibility index (Phi) is 5.38. The molecule has 0 saturated heterocycles. The molecule has 1 aromatic carbocycles. The Labute approximate surface area is 154 Å². The number of pyridine rings is 1. The minimum atomic E-state index is -0.0608. The van der Waals surface area contributed by atoms with Gasteiger partial charge in [-0.15, -0.1) is 0 Å². The van der Waals surface area contributed by atoms with Crippen molar-refractivity contribution in [2.24, 2.45) is 5.92 Å². The minimum Gasteiger partial charge on any atom is -0.487 e. The molecule has 0 fully saturated rings. The SMILES string of the molecule is CC(C)C(=O)c1cnn2c(CN(C)C)c(OCc3ccccc3)ccc12. The molecule has 0 aliphatic carbocycles. The van der Waals surface area contributed by atoms with E-state index in [0.717, 1.165) is 22.5 Å². The van der Waals surface area contributed by atoms with Crippen molar-refractivity contribution in [1.82, 2.24) is 14.5 Å². The van der Waals surface area contributed by atoms with Crippen LogP contribution in [0.4, 0.5) is 0 Å². The first-order valence-corrected chi connectivity index (χ1v) is 8.82. The normalized spacial score (nSPS) is 11.5. The molecule has 136 valence electrons. The van der Waals surface area contributed by atoms with Gasteiger partial charge in [0, 0.05) is 12.5 Å². The molecule has 0 unspecified atom stereocenters. The number of benzene rings is 1. The standard InChI is InChI=1S/C21H25N3O2/c1-15(2)21(25)17-12-22-24-18(17)10-11-20(19(24)13-23(3)4)26-14-16-8-6-5-7-9-16/h5-12,15H,13-14H2,1-4H3. The van der Waals surface area contributed by atoms with Crippen LogP contribution in [0.1, 0.15) is 35.5 Å². The van der Waals surface area contributed by atoms with Gasteiger partial charge in [0.25, 0.3) is 0 Å². The summed E-state index contributed by atoms with van der Waals surface area (Å²) in [6.45, 7) is 4.97. The van der Waals surface area contributed by atoms with Crippen molar-refractivity contribution < 1.29 is 9.53 Å². The molecule has 0 amide bonds.